The van der Waals surface area contributed by atoms with Crippen LogP contribution in [0.2, 0.25) is 0 Å². The minimum atomic E-state index is -4.74. The van der Waals surface area contributed by atoms with Gasteiger partial charge >= 0.3 is 6.09 Å². The standard InChI is InChI=1S/C5H5N3O7S/c6-7-5(11)15-8-3(9)1-2(4(8)10)16(12,13)14/h2,6H,1H2,(H,12,13,14). The van der Waals surface area contributed by atoms with Gasteiger partial charge in [0.1, 0.15) is 0 Å². The molecule has 0 saturated carbocycles. The zero-order valence-electron chi connectivity index (χ0n) is 7.48. The van der Waals surface area contributed by atoms with Gasteiger partial charge in [0.15, 0.2) is 5.25 Å². The molecule has 1 heterocycles. The summed E-state index contributed by atoms with van der Waals surface area (Å²) in [6.45, 7) is 0. The fourth-order valence-electron chi connectivity index (χ4n) is 1.01. The van der Waals surface area contributed by atoms with E-state index < -0.39 is 39.7 Å². The maximum Gasteiger partial charge on any atom is 0.476 e. The summed E-state index contributed by atoms with van der Waals surface area (Å²) in [6, 6.07) is 0. The van der Waals surface area contributed by atoms with E-state index in [-0.39, 0.29) is 5.06 Å². The molecule has 3 amide bonds. The van der Waals surface area contributed by atoms with Crippen molar-refractivity contribution in [3.05, 3.63) is 0 Å². The van der Waals surface area contributed by atoms with Crippen LogP contribution in [0, 0.1) is 5.53 Å². The molecule has 1 aliphatic heterocycles. The van der Waals surface area contributed by atoms with Crippen molar-refractivity contribution >= 4 is 28.0 Å². The lowest BCUT2D eigenvalue weighted by Gasteiger charge is -2.10. The van der Waals surface area contributed by atoms with E-state index in [1.165, 1.54) is 0 Å². The molecule has 1 saturated heterocycles. The van der Waals surface area contributed by atoms with Crippen molar-refractivity contribution in [3.63, 3.8) is 0 Å². The fourth-order valence-corrected chi connectivity index (χ4v) is 1.71. The summed E-state index contributed by atoms with van der Waals surface area (Å²) in [5, 5.41) is 0.111. The number of nitrogens with zero attached hydrogens (tertiary/aromatic N) is 2. The molecule has 0 aromatic rings. The number of imide groups is 1. The Labute approximate surface area is 88.4 Å². The number of rotatable bonds is 2. The summed E-state index contributed by atoms with van der Waals surface area (Å²) in [4.78, 5) is 36.7. The molecular formula is C5H5N3O7S. The van der Waals surface area contributed by atoms with Gasteiger partial charge in [-0.25, -0.2) is 4.79 Å². The second kappa shape index (κ2) is 3.94. The molecule has 1 atom stereocenters. The average Bonchev–Trinajstić information content (AvgIpc) is 2.44. The molecule has 0 aromatic carbocycles. The quantitative estimate of drug-likeness (QED) is 0.365. The average molecular weight is 251 g/mol. The van der Waals surface area contributed by atoms with Crippen molar-refractivity contribution in [2.45, 2.75) is 11.7 Å². The molecule has 0 bridgehead atoms. The molecular weight excluding hydrogens is 246 g/mol. The molecule has 2 N–H and O–H groups in total. The van der Waals surface area contributed by atoms with Gasteiger partial charge in [-0.2, -0.15) is 13.9 Å². The van der Waals surface area contributed by atoms with Gasteiger partial charge in [0.25, 0.3) is 21.9 Å². The molecule has 0 radical (unpaired) electrons. The van der Waals surface area contributed by atoms with Crippen LogP contribution in [-0.4, -0.2) is 41.2 Å². The number of carbonyl (C=O) groups is 3. The Hall–Kier alpha value is -1.88. The van der Waals surface area contributed by atoms with Crippen LogP contribution >= 0.6 is 0 Å². The largest absolute Gasteiger partial charge is 0.476 e. The number of hydrogen-bond acceptors (Lipinski definition) is 7. The Morgan fingerprint density at radius 3 is 2.50 bits per heavy atom. The number of nitrogens with one attached hydrogen (secondary N) is 1. The predicted molar refractivity (Wildman–Crippen MR) is 43.4 cm³/mol. The minimum absolute atomic E-state index is 0.140. The maximum atomic E-state index is 11.2. The van der Waals surface area contributed by atoms with Crippen LogP contribution < -0.4 is 0 Å². The highest BCUT2D eigenvalue weighted by atomic mass is 32.2. The molecule has 1 fully saturated rings. The zero-order valence-corrected chi connectivity index (χ0v) is 8.30. The Balaban J connectivity index is 2.92. The predicted octanol–water partition coefficient (Wildman–Crippen LogP) is -0.916. The van der Waals surface area contributed by atoms with E-state index in [2.05, 4.69) is 9.95 Å². The lowest BCUT2D eigenvalue weighted by molar-refractivity contribution is -0.170. The van der Waals surface area contributed by atoms with Crippen molar-refractivity contribution in [1.29, 1.82) is 5.53 Å². The summed E-state index contributed by atoms with van der Waals surface area (Å²) in [7, 11) is -4.74. The first-order valence-electron chi connectivity index (χ1n) is 3.70. The Morgan fingerprint density at radius 2 is 2.12 bits per heavy atom. The SMILES string of the molecule is N=NC(=O)ON1C(=O)CC(S(=O)(=O)O)C1=O. The van der Waals surface area contributed by atoms with Crippen LogP contribution in [0.1, 0.15) is 6.42 Å². The Morgan fingerprint density at radius 1 is 1.56 bits per heavy atom. The van der Waals surface area contributed by atoms with Crippen molar-refractivity contribution in [1.82, 2.24) is 5.06 Å². The summed E-state index contributed by atoms with van der Waals surface area (Å²) in [5.74, 6) is -2.52. The lowest BCUT2D eigenvalue weighted by atomic mass is 10.4. The second-order valence-corrected chi connectivity index (χ2v) is 4.30. The first-order valence-corrected chi connectivity index (χ1v) is 5.20. The van der Waals surface area contributed by atoms with Gasteiger partial charge in [-0.3, -0.25) is 14.1 Å². The number of carbonyl (C=O) groups excluding carboxylic acids is 3. The molecule has 1 unspecified atom stereocenters. The minimum Gasteiger partial charge on any atom is -0.308 e. The molecule has 0 aromatic heterocycles. The van der Waals surface area contributed by atoms with Gasteiger partial charge < -0.3 is 4.84 Å². The van der Waals surface area contributed by atoms with E-state index in [0.29, 0.717) is 0 Å². The molecule has 1 aliphatic rings. The van der Waals surface area contributed by atoms with E-state index in [9.17, 15) is 22.8 Å². The van der Waals surface area contributed by atoms with Crippen molar-refractivity contribution in [2.75, 3.05) is 0 Å². The number of hydrogen-bond donors (Lipinski definition) is 2. The zero-order chi connectivity index (χ0) is 12.5. The summed E-state index contributed by atoms with van der Waals surface area (Å²) in [5.41, 5.74) is 6.21. The van der Waals surface area contributed by atoms with Gasteiger partial charge in [-0.1, -0.05) is 10.2 Å². The second-order valence-electron chi connectivity index (χ2n) is 2.70. The fraction of sp³-hybridized carbons (Fsp3) is 0.400. The normalized spacial score (nSPS) is 21.1. The number of amides is 3. The molecule has 11 heteroatoms. The Kier molecular flexibility index (Phi) is 3.00. The van der Waals surface area contributed by atoms with Crippen LogP contribution in [0.4, 0.5) is 4.79 Å². The third-order valence-corrected chi connectivity index (χ3v) is 2.77. The van der Waals surface area contributed by atoms with E-state index in [4.69, 9.17) is 10.1 Å². The smallest absolute Gasteiger partial charge is 0.308 e. The van der Waals surface area contributed by atoms with Crippen LogP contribution in [-0.2, 0) is 24.5 Å². The highest BCUT2D eigenvalue weighted by molar-refractivity contribution is 7.87. The van der Waals surface area contributed by atoms with Crippen LogP contribution in [0.3, 0.4) is 0 Å². The molecule has 0 spiro atoms. The molecule has 10 nitrogen and oxygen atoms in total. The van der Waals surface area contributed by atoms with E-state index in [0.717, 1.165) is 0 Å². The summed E-state index contributed by atoms with van der Waals surface area (Å²) >= 11 is 0. The van der Waals surface area contributed by atoms with Crippen LogP contribution in [0.25, 0.3) is 0 Å². The van der Waals surface area contributed by atoms with Crippen LogP contribution in [0.15, 0.2) is 5.11 Å². The molecule has 1 rings (SSSR count). The summed E-state index contributed by atoms with van der Waals surface area (Å²) in [6.07, 6.45) is -2.39. The van der Waals surface area contributed by atoms with Gasteiger partial charge in [0.05, 0.1) is 6.42 Å². The molecule has 88 valence electrons. The lowest BCUT2D eigenvalue weighted by Crippen LogP contribution is -2.36. The van der Waals surface area contributed by atoms with Gasteiger partial charge in [-0.15, -0.1) is 0 Å². The third kappa shape index (κ3) is 2.20. The Bertz CT molecular complexity index is 468. The topological polar surface area (TPSA) is 154 Å². The maximum absolute atomic E-state index is 11.2. The first kappa shape index (κ1) is 12.2. The highest BCUT2D eigenvalue weighted by Crippen LogP contribution is 2.19. The monoisotopic (exact) mass is 251 g/mol. The van der Waals surface area contributed by atoms with E-state index >= 15 is 0 Å². The van der Waals surface area contributed by atoms with E-state index in [1.807, 2.05) is 0 Å². The molecule has 16 heavy (non-hydrogen) atoms. The summed E-state index contributed by atoms with van der Waals surface area (Å²) < 4.78 is 29.9. The first-order chi connectivity index (χ1) is 7.27. The van der Waals surface area contributed by atoms with Crippen molar-refractivity contribution < 1.29 is 32.2 Å². The number of hydroxylamine groups is 2. The highest BCUT2D eigenvalue weighted by Gasteiger charge is 2.48. The van der Waals surface area contributed by atoms with Crippen molar-refractivity contribution in [2.24, 2.45) is 5.11 Å². The van der Waals surface area contributed by atoms with Crippen molar-refractivity contribution in [3.8, 4) is 0 Å². The molecule has 0 aliphatic carbocycles. The van der Waals surface area contributed by atoms with Crippen LogP contribution in [0.5, 0.6) is 0 Å². The van der Waals surface area contributed by atoms with Gasteiger partial charge in [0, 0.05) is 0 Å². The van der Waals surface area contributed by atoms with E-state index in [1.54, 1.807) is 0 Å². The van der Waals surface area contributed by atoms with Gasteiger partial charge in [-0.05, 0) is 0 Å². The third-order valence-electron chi connectivity index (χ3n) is 1.68. The van der Waals surface area contributed by atoms with Gasteiger partial charge in [0.2, 0.25) is 0 Å².